The number of anilines is 2. The van der Waals surface area contributed by atoms with Crippen LogP contribution in [0.3, 0.4) is 0 Å². The Bertz CT molecular complexity index is 1760. The molecule has 1 aliphatic rings. The number of benzene rings is 3. The van der Waals surface area contributed by atoms with Gasteiger partial charge in [0.15, 0.2) is 0 Å². The second-order valence-corrected chi connectivity index (χ2v) is 11.9. The Morgan fingerprint density at radius 3 is 2.31 bits per heavy atom. The topological polar surface area (TPSA) is 219 Å². The number of amidine groups is 1. The minimum Gasteiger partial charge on any atom is -0.466 e. The van der Waals surface area contributed by atoms with E-state index in [1.54, 1.807) is 26.0 Å². The van der Waals surface area contributed by atoms with Crippen LogP contribution in [0.15, 0.2) is 71.6 Å². The lowest BCUT2D eigenvalue weighted by molar-refractivity contribution is -0.147. The van der Waals surface area contributed by atoms with Crippen molar-refractivity contribution < 1.29 is 37.1 Å². The van der Waals surface area contributed by atoms with Crippen LogP contribution in [0.5, 0.6) is 5.75 Å². The van der Waals surface area contributed by atoms with Crippen molar-refractivity contribution in [2.75, 3.05) is 17.2 Å². The molecule has 2 unspecified atom stereocenters. The van der Waals surface area contributed by atoms with Gasteiger partial charge in [-0.3, -0.25) is 24.6 Å². The number of carbonyl (C=O) groups excluding carboxylic acids is 4. The number of sulfonamides is 1. The molecule has 14 nitrogen and oxygen atoms in total. The van der Waals surface area contributed by atoms with Gasteiger partial charge < -0.3 is 31.2 Å². The quantitative estimate of drug-likeness (QED) is 0.0595. The van der Waals surface area contributed by atoms with Crippen LogP contribution in [-0.4, -0.2) is 56.3 Å². The lowest BCUT2D eigenvalue weighted by Crippen LogP contribution is -2.62. The van der Waals surface area contributed by atoms with Gasteiger partial charge in [-0.1, -0.05) is 29.8 Å². The molecule has 0 bridgehead atoms. The maximum absolute atomic E-state index is 13.5. The standard InChI is InChI=1S/C30H32N6O8S/c1-4-43-25(37)16-24(36-45(41,42)21-12-5-17(2)6-13-21)35-29(40)30(3)28(39)34-22-14-11-20(15-23(22)44-30)33-27(38)19-9-7-18(8-10-19)26(31)32/h5-15,24,36H,4,16H2,1-3H3,(H3,31,32)(H,33,38)(H,34,39)(H,35,40). The Morgan fingerprint density at radius 2 is 1.69 bits per heavy atom. The van der Waals surface area contributed by atoms with E-state index in [1.807, 2.05) is 0 Å². The summed E-state index contributed by atoms with van der Waals surface area (Å²) < 4.78 is 39.2. The molecule has 2 atom stereocenters. The van der Waals surface area contributed by atoms with Crippen molar-refractivity contribution in [3.63, 3.8) is 0 Å². The first-order valence-electron chi connectivity index (χ1n) is 13.7. The van der Waals surface area contributed by atoms with E-state index in [1.165, 1.54) is 61.5 Å². The van der Waals surface area contributed by atoms with Gasteiger partial charge in [-0.2, -0.15) is 4.72 Å². The molecule has 3 aromatic rings. The normalized spacial score (nSPS) is 16.3. The van der Waals surface area contributed by atoms with Crippen LogP contribution in [0.1, 0.15) is 41.8 Å². The van der Waals surface area contributed by atoms with Crippen LogP contribution in [0.25, 0.3) is 0 Å². The Labute approximate surface area is 259 Å². The summed E-state index contributed by atoms with van der Waals surface area (Å²) in [5.74, 6) is -3.28. The zero-order valence-electron chi connectivity index (χ0n) is 24.6. The Kier molecular flexibility index (Phi) is 9.54. The number of ether oxygens (including phenoxy) is 2. The summed E-state index contributed by atoms with van der Waals surface area (Å²) in [7, 11) is -4.21. The second kappa shape index (κ2) is 13.2. The van der Waals surface area contributed by atoms with E-state index in [2.05, 4.69) is 20.7 Å². The van der Waals surface area contributed by atoms with Gasteiger partial charge in [0.25, 0.3) is 23.3 Å². The number of aryl methyl sites for hydroxylation is 1. The molecule has 0 fully saturated rings. The van der Waals surface area contributed by atoms with Crippen molar-refractivity contribution in [3.8, 4) is 5.75 Å². The van der Waals surface area contributed by atoms with Crippen molar-refractivity contribution in [1.82, 2.24) is 10.0 Å². The Balaban J connectivity index is 1.53. The number of fused-ring (bicyclic) bond motifs is 1. The second-order valence-electron chi connectivity index (χ2n) is 10.2. The molecular weight excluding hydrogens is 604 g/mol. The number of nitrogens with two attached hydrogens (primary N) is 1. The van der Waals surface area contributed by atoms with Crippen LogP contribution >= 0.6 is 0 Å². The number of amides is 3. The number of rotatable bonds is 11. The molecular formula is C30H32N6O8S. The van der Waals surface area contributed by atoms with Crippen molar-refractivity contribution >= 4 is 50.9 Å². The lowest BCUT2D eigenvalue weighted by atomic mass is 10.0. The van der Waals surface area contributed by atoms with Gasteiger partial charge >= 0.3 is 5.97 Å². The first-order chi connectivity index (χ1) is 21.2. The molecule has 0 saturated heterocycles. The van der Waals surface area contributed by atoms with Gasteiger partial charge in [0.2, 0.25) is 10.0 Å². The molecule has 45 heavy (non-hydrogen) atoms. The summed E-state index contributed by atoms with van der Waals surface area (Å²) >= 11 is 0. The summed E-state index contributed by atoms with van der Waals surface area (Å²) in [5.41, 5.74) is 5.31. The average molecular weight is 637 g/mol. The monoisotopic (exact) mass is 636 g/mol. The van der Waals surface area contributed by atoms with Gasteiger partial charge in [-0.15, -0.1) is 0 Å². The minimum atomic E-state index is -4.21. The predicted molar refractivity (Wildman–Crippen MR) is 164 cm³/mol. The average Bonchev–Trinajstić information content (AvgIpc) is 2.98. The maximum atomic E-state index is 13.5. The van der Waals surface area contributed by atoms with Crippen LogP contribution in [-0.2, 0) is 29.1 Å². The largest absolute Gasteiger partial charge is 0.466 e. The molecule has 0 aliphatic carbocycles. The van der Waals surface area contributed by atoms with Crippen LogP contribution < -0.4 is 31.1 Å². The number of nitrogens with one attached hydrogen (secondary N) is 5. The molecule has 3 aromatic carbocycles. The first kappa shape index (κ1) is 32.6. The summed E-state index contributed by atoms with van der Waals surface area (Å²) in [5, 5.41) is 15.1. The smallest absolute Gasteiger partial charge is 0.309 e. The highest BCUT2D eigenvalue weighted by Crippen LogP contribution is 2.36. The Hall–Kier alpha value is -5.28. The summed E-state index contributed by atoms with van der Waals surface area (Å²) in [6.07, 6.45) is -2.08. The van der Waals surface area contributed by atoms with Crippen molar-refractivity contribution in [1.29, 1.82) is 5.41 Å². The van der Waals surface area contributed by atoms with E-state index in [9.17, 15) is 27.6 Å². The fraction of sp³-hybridized carbons (Fsp3) is 0.233. The molecule has 0 aromatic heterocycles. The molecule has 0 spiro atoms. The van der Waals surface area contributed by atoms with E-state index in [0.717, 1.165) is 5.56 Å². The summed E-state index contributed by atoms with van der Waals surface area (Å²) in [6, 6.07) is 16.4. The molecule has 3 amide bonds. The van der Waals surface area contributed by atoms with E-state index in [-0.39, 0.29) is 40.0 Å². The van der Waals surface area contributed by atoms with Crippen molar-refractivity contribution in [2.45, 2.75) is 43.9 Å². The lowest BCUT2D eigenvalue weighted by Gasteiger charge is -2.34. The van der Waals surface area contributed by atoms with E-state index >= 15 is 0 Å². The number of nitrogen functional groups attached to an aromatic ring is 1. The first-order valence-corrected chi connectivity index (χ1v) is 15.2. The molecule has 1 aliphatic heterocycles. The van der Waals surface area contributed by atoms with E-state index in [0.29, 0.717) is 5.56 Å². The predicted octanol–water partition coefficient (Wildman–Crippen LogP) is 1.99. The fourth-order valence-electron chi connectivity index (χ4n) is 4.23. The molecule has 15 heteroatoms. The fourth-order valence-corrected chi connectivity index (χ4v) is 5.37. The molecule has 1 heterocycles. The minimum absolute atomic E-state index is 0.0207. The number of hydrogen-bond donors (Lipinski definition) is 6. The number of esters is 1. The van der Waals surface area contributed by atoms with E-state index in [4.69, 9.17) is 20.6 Å². The van der Waals surface area contributed by atoms with Crippen LogP contribution in [0, 0.1) is 12.3 Å². The maximum Gasteiger partial charge on any atom is 0.309 e. The third-order valence-corrected chi connectivity index (χ3v) is 8.22. The van der Waals surface area contributed by atoms with Gasteiger partial charge in [-0.05, 0) is 57.2 Å². The Morgan fingerprint density at radius 1 is 1.04 bits per heavy atom. The number of carbonyl (C=O) groups is 4. The molecule has 0 radical (unpaired) electrons. The van der Waals surface area contributed by atoms with Gasteiger partial charge in [-0.25, -0.2) is 8.42 Å². The highest BCUT2D eigenvalue weighted by molar-refractivity contribution is 7.89. The number of hydrogen-bond acceptors (Lipinski definition) is 9. The molecule has 7 N–H and O–H groups in total. The SMILES string of the molecule is CCOC(=O)CC(NC(=O)C1(C)Oc2cc(NC(=O)c3ccc(C(=N)N)cc3)ccc2NC1=O)NS(=O)(=O)c1ccc(C)cc1. The van der Waals surface area contributed by atoms with Gasteiger partial charge in [0, 0.05) is 22.9 Å². The molecule has 4 rings (SSSR count). The van der Waals surface area contributed by atoms with Gasteiger partial charge in [0.1, 0.15) is 17.8 Å². The molecule has 236 valence electrons. The highest BCUT2D eigenvalue weighted by Gasteiger charge is 2.48. The van der Waals surface area contributed by atoms with Crippen LogP contribution in [0.4, 0.5) is 11.4 Å². The van der Waals surface area contributed by atoms with Crippen LogP contribution in [0.2, 0.25) is 0 Å². The third-order valence-electron chi connectivity index (χ3n) is 6.74. The van der Waals surface area contributed by atoms with Crippen molar-refractivity contribution in [2.24, 2.45) is 5.73 Å². The van der Waals surface area contributed by atoms with E-state index < -0.39 is 51.9 Å². The zero-order valence-corrected chi connectivity index (χ0v) is 25.4. The van der Waals surface area contributed by atoms with Gasteiger partial charge in [0.05, 0.1) is 23.6 Å². The third kappa shape index (κ3) is 7.63. The highest BCUT2D eigenvalue weighted by atomic mass is 32.2. The summed E-state index contributed by atoms with van der Waals surface area (Å²) in [6.45, 7) is 4.56. The summed E-state index contributed by atoms with van der Waals surface area (Å²) in [4.78, 5) is 51.5. The molecule has 0 saturated carbocycles. The van der Waals surface area contributed by atoms with Crippen molar-refractivity contribution in [3.05, 3.63) is 83.4 Å². The zero-order chi connectivity index (χ0) is 32.9.